The van der Waals surface area contributed by atoms with Gasteiger partial charge in [-0.25, -0.2) is 0 Å². The first-order valence-electron chi connectivity index (χ1n) is 6.68. The second kappa shape index (κ2) is 5.26. The predicted octanol–water partition coefficient (Wildman–Crippen LogP) is 2.52. The molecule has 0 aliphatic carbocycles. The lowest BCUT2D eigenvalue weighted by Gasteiger charge is -2.26. The zero-order valence-electron chi connectivity index (χ0n) is 10.8. The van der Waals surface area contributed by atoms with Gasteiger partial charge < -0.3 is 4.90 Å². The maximum Gasteiger partial charge on any atom is 0.224 e. The van der Waals surface area contributed by atoms with Crippen LogP contribution in [0.4, 0.5) is 0 Å². The summed E-state index contributed by atoms with van der Waals surface area (Å²) in [5.74, 6) is 0.239. The van der Waals surface area contributed by atoms with E-state index < -0.39 is 0 Å². The number of aromatic nitrogens is 2. The van der Waals surface area contributed by atoms with E-state index >= 15 is 0 Å². The Morgan fingerprint density at radius 2 is 1.95 bits per heavy atom. The van der Waals surface area contributed by atoms with Crippen molar-refractivity contribution in [3.8, 4) is 11.1 Å². The van der Waals surface area contributed by atoms with Gasteiger partial charge in [-0.2, -0.15) is 5.10 Å². The van der Waals surface area contributed by atoms with Crippen molar-refractivity contribution in [2.45, 2.75) is 25.9 Å². The molecule has 1 amide bonds. The highest BCUT2D eigenvalue weighted by molar-refractivity contribution is 5.76. The average Bonchev–Trinajstić information content (AvgIpc) is 2.91. The third kappa shape index (κ3) is 2.67. The van der Waals surface area contributed by atoms with E-state index in [1.807, 2.05) is 40.2 Å². The molecular weight excluding hydrogens is 238 g/mol. The molecule has 2 heterocycles. The molecule has 0 N–H and O–H groups in total. The van der Waals surface area contributed by atoms with Gasteiger partial charge in [-0.15, -0.1) is 0 Å². The number of rotatable bonds is 3. The number of hydrogen-bond donors (Lipinski definition) is 0. The molecule has 0 bridgehead atoms. The average molecular weight is 255 g/mol. The minimum absolute atomic E-state index is 0.239. The van der Waals surface area contributed by atoms with Crippen LogP contribution in [0.3, 0.4) is 0 Å². The van der Waals surface area contributed by atoms with Crippen molar-refractivity contribution < 1.29 is 4.79 Å². The van der Waals surface area contributed by atoms with Crippen molar-refractivity contribution >= 4 is 5.91 Å². The zero-order chi connectivity index (χ0) is 13.1. The van der Waals surface area contributed by atoms with Crippen molar-refractivity contribution in [2.75, 3.05) is 6.54 Å². The van der Waals surface area contributed by atoms with E-state index in [9.17, 15) is 4.79 Å². The Bertz CT molecular complexity index is 562. The van der Waals surface area contributed by atoms with Crippen molar-refractivity contribution in [3.05, 3.63) is 42.7 Å². The highest BCUT2D eigenvalue weighted by Gasteiger charge is 2.18. The number of hydrogen-bond acceptors (Lipinski definition) is 2. The van der Waals surface area contributed by atoms with Gasteiger partial charge >= 0.3 is 0 Å². The quantitative estimate of drug-likeness (QED) is 0.845. The SMILES string of the molecule is O=C1CCCCN1Cn1cc(-c2ccccc2)cn1. The standard InChI is InChI=1S/C15H17N3O/c19-15-8-4-5-9-17(15)12-18-11-14(10-16-18)13-6-2-1-3-7-13/h1-3,6-7,10-11H,4-5,8-9,12H2. The lowest BCUT2D eigenvalue weighted by atomic mass is 10.1. The number of benzene rings is 1. The van der Waals surface area contributed by atoms with Crippen LogP contribution in [0.5, 0.6) is 0 Å². The Kier molecular flexibility index (Phi) is 3.31. The molecule has 0 radical (unpaired) electrons. The fourth-order valence-corrected chi connectivity index (χ4v) is 2.41. The summed E-state index contributed by atoms with van der Waals surface area (Å²) in [5.41, 5.74) is 2.24. The molecule has 98 valence electrons. The Labute approximate surface area is 112 Å². The van der Waals surface area contributed by atoms with Crippen molar-refractivity contribution in [3.63, 3.8) is 0 Å². The van der Waals surface area contributed by atoms with Crippen LogP contribution in [-0.2, 0) is 11.5 Å². The number of amides is 1. The summed E-state index contributed by atoms with van der Waals surface area (Å²) in [7, 11) is 0. The van der Waals surface area contributed by atoms with E-state index in [0.717, 1.165) is 30.5 Å². The highest BCUT2D eigenvalue weighted by Crippen LogP contribution is 2.18. The molecule has 4 heteroatoms. The number of piperidine rings is 1. The summed E-state index contributed by atoms with van der Waals surface area (Å²) in [5, 5.41) is 4.34. The first-order valence-corrected chi connectivity index (χ1v) is 6.68. The molecule has 3 rings (SSSR count). The smallest absolute Gasteiger partial charge is 0.224 e. The normalized spacial score (nSPS) is 15.8. The van der Waals surface area contributed by atoms with Crippen LogP contribution in [-0.4, -0.2) is 27.1 Å². The Hall–Kier alpha value is -2.10. The predicted molar refractivity (Wildman–Crippen MR) is 73.2 cm³/mol. The van der Waals surface area contributed by atoms with Crippen molar-refractivity contribution in [2.24, 2.45) is 0 Å². The van der Waals surface area contributed by atoms with Crippen LogP contribution in [0.1, 0.15) is 19.3 Å². The molecule has 1 aromatic heterocycles. The largest absolute Gasteiger partial charge is 0.323 e. The first-order chi connectivity index (χ1) is 9.33. The van der Waals surface area contributed by atoms with Gasteiger partial charge in [-0.1, -0.05) is 30.3 Å². The van der Waals surface area contributed by atoms with E-state index in [0.29, 0.717) is 13.1 Å². The van der Waals surface area contributed by atoms with Crippen LogP contribution in [0.2, 0.25) is 0 Å². The second-order valence-corrected chi connectivity index (χ2v) is 4.89. The minimum atomic E-state index is 0.239. The van der Waals surface area contributed by atoms with Gasteiger partial charge in [0.2, 0.25) is 5.91 Å². The Balaban J connectivity index is 1.73. The van der Waals surface area contributed by atoms with Gasteiger partial charge in [0.05, 0.1) is 6.20 Å². The fraction of sp³-hybridized carbons (Fsp3) is 0.333. The number of nitrogens with zero attached hydrogens (tertiary/aromatic N) is 3. The number of carbonyl (C=O) groups is 1. The minimum Gasteiger partial charge on any atom is -0.323 e. The molecule has 4 nitrogen and oxygen atoms in total. The molecule has 1 aliphatic rings. The second-order valence-electron chi connectivity index (χ2n) is 4.89. The Morgan fingerprint density at radius 3 is 2.74 bits per heavy atom. The van der Waals surface area contributed by atoms with Crippen LogP contribution in [0, 0.1) is 0 Å². The van der Waals surface area contributed by atoms with Crippen LogP contribution in [0.25, 0.3) is 11.1 Å². The van der Waals surface area contributed by atoms with Gasteiger partial charge in [-0.05, 0) is 18.4 Å². The summed E-state index contributed by atoms with van der Waals surface area (Å²) in [6.45, 7) is 1.41. The molecule has 19 heavy (non-hydrogen) atoms. The highest BCUT2D eigenvalue weighted by atomic mass is 16.2. The lowest BCUT2D eigenvalue weighted by molar-refractivity contribution is -0.135. The van der Waals surface area contributed by atoms with Crippen LogP contribution < -0.4 is 0 Å². The van der Waals surface area contributed by atoms with Gasteiger partial charge in [0.1, 0.15) is 6.67 Å². The summed E-state index contributed by atoms with van der Waals surface area (Å²) in [6.07, 6.45) is 6.63. The maximum absolute atomic E-state index is 11.8. The van der Waals surface area contributed by atoms with Crippen LogP contribution in [0.15, 0.2) is 42.7 Å². The molecular formula is C15H17N3O. The van der Waals surface area contributed by atoms with Crippen LogP contribution >= 0.6 is 0 Å². The van der Waals surface area contributed by atoms with E-state index in [1.54, 1.807) is 0 Å². The molecule has 0 spiro atoms. The molecule has 0 atom stereocenters. The first kappa shape index (κ1) is 12.0. The van der Waals surface area contributed by atoms with E-state index in [4.69, 9.17) is 0 Å². The maximum atomic E-state index is 11.8. The summed E-state index contributed by atoms with van der Waals surface area (Å²) < 4.78 is 1.84. The van der Waals surface area contributed by atoms with Gasteiger partial charge in [0.15, 0.2) is 0 Å². The third-order valence-electron chi connectivity index (χ3n) is 3.48. The molecule has 0 saturated carbocycles. The molecule has 1 aliphatic heterocycles. The third-order valence-corrected chi connectivity index (χ3v) is 3.48. The molecule has 2 aromatic rings. The molecule has 1 aromatic carbocycles. The number of likely N-dealkylation sites (tertiary alicyclic amines) is 1. The molecule has 1 fully saturated rings. The molecule has 0 unspecified atom stereocenters. The van der Waals surface area contributed by atoms with Crippen molar-refractivity contribution in [1.29, 1.82) is 0 Å². The van der Waals surface area contributed by atoms with E-state index in [1.165, 1.54) is 0 Å². The molecule has 1 saturated heterocycles. The summed E-state index contributed by atoms with van der Waals surface area (Å²) >= 11 is 0. The van der Waals surface area contributed by atoms with Crippen molar-refractivity contribution in [1.82, 2.24) is 14.7 Å². The van der Waals surface area contributed by atoms with Gasteiger partial charge in [0, 0.05) is 24.7 Å². The fourth-order valence-electron chi connectivity index (χ4n) is 2.41. The van der Waals surface area contributed by atoms with Gasteiger partial charge in [-0.3, -0.25) is 9.48 Å². The number of carbonyl (C=O) groups excluding carboxylic acids is 1. The van der Waals surface area contributed by atoms with E-state index in [-0.39, 0.29) is 5.91 Å². The van der Waals surface area contributed by atoms with E-state index in [2.05, 4.69) is 17.2 Å². The summed E-state index contributed by atoms with van der Waals surface area (Å²) in [6, 6.07) is 10.2. The zero-order valence-corrected chi connectivity index (χ0v) is 10.8. The summed E-state index contributed by atoms with van der Waals surface area (Å²) in [4.78, 5) is 13.6. The topological polar surface area (TPSA) is 38.1 Å². The monoisotopic (exact) mass is 255 g/mol. The Morgan fingerprint density at radius 1 is 1.11 bits per heavy atom. The lowest BCUT2D eigenvalue weighted by Crippen LogP contribution is -2.36. The van der Waals surface area contributed by atoms with Gasteiger partial charge in [0.25, 0.3) is 0 Å².